The number of methoxy groups -OCH3 is 2. The first-order valence-corrected chi connectivity index (χ1v) is 12.2. The summed E-state index contributed by atoms with van der Waals surface area (Å²) >= 11 is 3.42. The number of anilines is 2. The number of carbonyl (C=O) groups is 2. The van der Waals surface area contributed by atoms with Gasteiger partial charge in [0.1, 0.15) is 5.75 Å². The fourth-order valence-electron chi connectivity index (χ4n) is 4.19. The van der Waals surface area contributed by atoms with Crippen LogP contribution in [0.25, 0.3) is 0 Å². The maximum absolute atomic E-state index is 13.2. The van der Waals surface area contributed by atoms with Gasteiger partial charge in [-0.1, -0.05) is 46.3 Å². The molecule has 8 heteroatoms. The average Bonchev–Trinajstić information content (AvgIpc) is 2.89. The van der Waals surface area contributed by atoms with E-state index >= 15 is 0 Å². The van der Waals surface area contributed by atoms with E-state index in [9.17, 15) is 9.59 Å². The highest BCUT2D eigenvalue weighted by Gasteiger charge is 2.22. The first kappa shape index (κ1) is 24.8. The Morgan fingerprint density at radius 1 is 0.943 bits per heavy atom. The average molecular weight is 538 g/mol. The topological polar surface area (TPSA) is 71.1 Å². The van der Waals surface area contributed by atoms with Gasteiger partial charge >= 0.3 is 5.97 Å². The molecule has 1 amide bonds. The van der Waals surface area contributed by atoms with E-state index in [1.165, 1.54) is 19.8 Å². The number of esters is 1. The molecule has 4 rings (SSSR count). The number of rotatable bonds is 7. The summed E-state index contributed by atoms with van der Waals surface area (Å²) < 4.78 is 11.0. The molecular weight excluding hydrogens is 510 g/mol. The quantitative estimate of drug-likeness (QED) is 0.435. The summed E-state index contributed by atoms with van der Waals surface area (Å²) in [5.74, 6) is -0.320. The molecule has 0 aliphatic carbocycles. The zero-order valence-corrected chi connectivity index (χ0v) is 21.4. The Hall–Kier alpha value is -3.36. The molecule has 1 heterocycles. The Morgan fingerprint density at radius 2 is 1.69 bits per heavy atom. The minimum atomic E-state index is -0.459. The van der Waals surface area contributed by atoms with Crippen molar-refractivity contribution < 1.29 is 19.1 Å². The molecule has 3 aromatic carbocycles. The number of ether oxygens (including phenoxy) is 2. The molecule has 0 saturated carbocycles. The number of hydrogen-bond acceptors (Lipinski definition) is 6. The first-order valence-electron chi connectivity index (χ1n) is 11.4. The number of hydrogen-bond donors (Lipinski definition) is 1. The lowest BCUT2D eigenvalue weighted by atomic mass is 10.1. The highest BCUT2D eigenvalue weighted by molar-refractivity contribution is 9.10. The molecule has 0 unspecified atom stereocenters. The Morgan fingerprint density at radius 3 is 2.37 bits per heavy atom. The lowest BCUT2D eigenvalue weighted by Crippen LogP contribution is -2.46. The minimum Gasteiger partial charge on any atom is -0.496 e. The summed E-state index contributed by atoms with van der Waals surface area (Å²) in [7, 11) is 2.87. The van der Waals surface area contributed by atoms with E-state index in [-0.39, 0.29) is 5.91 Å². The maximum Gasteiger partial charge on any atom is 0.337 e. The second-order valence-corrected chi connectivity index (χ2v) is 9.19. The molecule has 1 saturated heterocycles. The number of halogens is 1. The normalized spacial score (nSPS) is 13.9. The fraction of sp³-hybridized carbons (Fsp3) is 0.259. The molecule has 0 atom stereocenters. The summed E-state index contributed by atoms with van der Waals surface area (Å²) in [6.07, 6.45) is 0. The van der Waals surface area contributed by atoms with Gasteiger partial charge < -0.3 is 19.7 Å². The third-order valence-corrected chi connectivity index (χ3v) is 6.53. The molecule has 0 spiro atoms. The van der Waals surface area contributed by atoms with Crippen molar-refractivity contribution in [2.24, 2.45) is 0 Å². The van der Waals surface area contributed by atoms with Gasteiger partial charge in [-0.25, -0.2) is 4.79 Å². The van der Waals surface area contributed by atoms with Crippen molar-refractivity contribution in [1.29, 1.82) is 0 Å². The van der Waals surface area contributed by atoms with Crippen LogP contribution < -0.4 is 15.0 Å². The number of piperazine rings is 1. The zero-order chi connectivity index (χ0) is 24.8. The molecule has 1 N–H and O–H groups in total. The summed E-state index contributed by atoms with van der Waals surface area (Å²) in [6, 6.07) is 20.9. The van der Waals surface area contributed by atoms with Crippen molar-refractivity contribution >= 4 is 39.2 Å². The van der Waals surface area contributed by atoms with Crippen molar-refractivity contribution in [3.05, 3.63) is 87.9 Å². The first-order chi connectivity index (χ1) is 17.0. The van der Waals surface area contributed by atoms with E-state index in [4.69, 9.17) is 9.47 Å². The van der Waals surface area contributed by atoms with Gasteiger partial charge in [0.2, 0.25) is 0 Å². The van der Waals surface area contributed by atoms with E-state index in [2.05, 4.69) is 55.3 Å². The van der Waals surface area contributed by atoms with Crippen LogP contribution in [0.3, 0.4) is 0 Å². The van der Waals surface area contributed by atoms with Crippen LogP contribution in [0.1, 0.15) is 26.3 Å². The van der Waals surface area contributed by atoms with Crippen LogP contribution in [0.15, 0.2) is 71.2 Å². The molecule has 1 fully saturated rings. The van der Waals surface area contributed by atoms with Crippen LogP contribution in [0.4, 0.5) is 11.4 Å². The van der Waals surface area contributed by atoms with Gasteiger partial charge in [-0.15, -0.1) is 0 Å². The molecule has 182 valence electrons. The summed E-state index contributed by atoms with van der Waals surface area (Å²) in [4.78, 5) is 30.1. The smallest absolute Gasteiger partial charge is 0.337 e. The van der Waals surface area contributed by atoms with E-state index in [0.29, 0.717) is 22.6 Å². The number of nitrogens with zero attached hydrogens (tertiary/aromatic N) is 2. The third kappa shape index (κ3) is 6.01. The monoisotopic (exact) mass is 537 g/mol. The largest absolute Gasteiger partial charge is 0.496 e. The number of amides is 1. The van der Waals surface area contributed by atoms with Gasteiger partial charge in [-0.05, 0) is 42.0 Å². The Bertz CT molecular complexity index is 1190. The van der Waals surface area contributed by atoms with Gasteiger partial charge in [0.05, 0.1) is 36.7 Å². The molecule has 35 heavy (non-hydrogen) atoms. The second-order valence-electron chi connectivity index (χ2n) is 8.27. The van der Waals surface area contributed by atoms with Gasteiger partial charge in [-0.2, -0.15) is 0 Å². The fourth-order valence-corrected chi connectivity index (χ4v) is 4.55. The van der Waals surface area contributed by atoms with E-state index in [1.807, 2.05) is 18.2 Å². The molecular formula is C27H28BrN3O4. The third-order valence-electron chi connectivity index (χ3n) is 6.03. The lowest BCUT2D eigenvalue weighted by Gasteiger charge is -2.37. The highest BCUT2D eigenvalue weighted by Crippen LogP contribution is 2.31. The van der Waals surface area contributed by atoms with Crippen molar-refractivity contribution in [3.63, 3.8) is 0 Å². The Labute approximate surface area is 213 Å². The molecule has 3 aromatic rings. The molecule has 1 aliphatic rings. The van der Waals surface area contributed by atoms with Gasteiger partial charge in [-0.3, -0.25) is 9.69 Å². The van der Waals surface area contributed by atoms with Crippen LogP contribution in [0.2, 0.25) is 0 Å². The van der Waals surface area contributed by atoms with Crippen LogP contribution >= 0.6 is 15.9 Å². The van der Waals surface area contributed by atoms with Crippen LogP contribution in [0.5, 0.6) is 5.75 Å². The molecule has 1 aliphatic heterocycles. The predicted molar refractivity (Wildman–Crippen MR) is 140 cm³/mol. The van der Waals surface area contributed by atoms with Crippen LogP contribution in [-0.4, -0.2) is 57.2 Å². The minimum absolute atomic E-state index is 0.325. The van der Waals surface area contributed by atoms with Crippen molar-refractivity contribution in [2.45, 2.75) is 6.54 Å². The molecule has 0 radical (unpaired) electrons. The molecule has 0 aromatic heterocycles. The van der Waals surface area contributed by atoms with E-state index in [1.54, 1.807) is 24.3 Å². The van der Waals surface area contributed by atoms with Crippen LogP contribution in [0, 0.1) is 0 Å². The number of nitrogens with one attached hydrogen (secondary N) is 1. The summed E-state index contributed by atoms with van der Waals surface area (Å²) in [5, 5.41) is 2.99. The highest BCUT2D eigenvalue weighted by atomic mass is 79.9. The second kappa shape index (κ2) is 11.4. The molecule has 7 nitrogen and oxygen atoms in total. The van der Waals surface area contributed by atoms with Crippen molar-refractivity contribution in [2.75, 3.05) is 50.6 Å². The van der Waals surface area contributed by atoms with E-state index in [0.717, 1.165) is 42.9 Å². The standard InChI is InChI=1S/C27H28BrN3O4/c1-34-25-11-9-21(28)17-22(25)26(32)29-23-16-20(27(33)35-2)8-10-24(23)31-14-12-30(13-15-31)18-19-6-4-3-5-7-19/h3-11,16-17H,12-15,18H2,1-2H3,(H,29,32). The van der Waals surface area contributed by atoms with E-state index < -0.39 is 5.97 Å². The maximum atomic E-state index is 13.2. The Balaban J connectivity index is 1.55. The van der Waals surface area contributed by atoms with Gasteiger partial charge in [0, 0.05) is 37.2 Å². The number of carbonyl (C=O) groups excluding carboxylic acids is 2. The molecule has 0 bridgehead atoms. The zero-order valence-electron chi connectivity index (χ0n) is 19.8. The summed E-state index contributed by atoms with van der Waals surface area (Å²) in [6.45, 7) is 4.28. The van der Waals surface area contributed by atoms with Crippen molar-refractivity contribution in [3.8, 4) is 5.75 Å². The summed E-state index contributed by atoms with van der Waals surface area (Å²) in [5.41, 5.74) is 3.47. The lowest BCUT2D eigenvalue weighted by molar-refractivity contribution is 0.0600. The van der Waals surface area contributed by atoms with Crippen LogP contribution in [-0.2, 0) is 11.3 Å². The van der Waals surface area contributed by atoms with Crippen molar-refractivity contribution in [1.82, 2.24) is 4.90 Å². The number of benzene rings is 3. The van der Waals surface area contributed by atoms with Gasteiger partial charge in [0.15, 0.2) is 0 Å². The van der Waals surface area contributed by atoms with Gasteiger partial charge in [0.25, 0.3) is 5.91 Å². The predicted octanol–water partition coefficient (Wildman–Crippen LogP) is 4.82. The SMILES string of the molecule is COC(=O)c1ccc(N2CCN(Cc3ccccc3)CC2)c(NC(=O)c2cc(Br)ccc2OC)c1. The Kier molecular flexibility index (Phi) is 8.05.